The maximum atomic E-state index is 13.3. The van der Waals surface area contributed by atoms with Gasteiger partial charge >= 0.3 is 0 Å². The zero-order valence-corrected chi connectivity index (χ0v) is 26.6. The highest BCUT2D eigenvalue weighted by molar-refractivity contribution is 6.28. The number of benzene rings is 4. The molecule has 0 bridgehead atoms. The van der Waals surface area contributed by atoms with Crippen LogP contribution in [-0.2, 0) is 21.5 Å². The van der Waals surface area contributed by atoms with E-state index in [4.69, 9.17) is 0 Å². The van der Waals surface area contributed by atoms with E-state index in [0.717, 1.165) is 45.9 Å². The standard InChI is InChI=1S/C40H40N4O2/c1-4-41-37-26-30(24-25-42-37)27-43-29-44(38(36(46)28-45)39(43,2)3)35-22-20-34(21-23-35)40(31-14-8-5-9-15-31,32-16-10-6-11-17-32)33-18-12-7-13-19-33/h5-26,28,38H,4,27,29H2,1-3H3,(H,41,42). The molecule has 0 spiro atoms. The Kier molecular flexibility index (Phi) is 8.82. The van der Waals surface area contributed by atoms with Gasteiger partial charge in [0.25, 0.3) is 0 Å². The summed E-state index contributed by atoms with van der Waals surface area (Å²) < 4.78 is 0. The third-order valence-corrected chi connectivity index (χ3v) is 9.31. The van der Waals surface area contributed by atoms with Crippen LogP contribution >= 0.6 is 0 Å². The molecule has 1 aliphatic rings. The van der Waals surface area contributed by atoms with Crippen molar-refractivity contribution in [2.75, 3.05) is 23.4 Å². The van der Waals surface area contributed by atoms with Crippen LogP contribution in [0.15, 0.2) is 134 Å². The molecule has 6 heteroatoms. The van der Waals surface area contributed by atoms with Gasteiger partial charge in [-0.25, -0.2) is 4.98 Å². The van der Waals surface area contributed by atoms with Gasteiger partial charge in [-0.05, 0) is 72.9 Å². The van der Waals surface area contributed by atoms with Crippen LogP contribution in [0.1, 0.15) is 48.6 Å². The van der Waals surface area contributed by atoms with E-state index in [1.54, 1.807) is 6.20 Å². The minimum Gasteiger partial charge on any atom is -0.370 e. The Morgan fingerprint density at radius 2 is 1.35 bits per heavy atom. The monoisotopic (exact) mass is 608 g/mol. The number of nitrogens with zero attached hydrogens (tertiary/aromatic N) is 3. The molecule has 1 aromatic heterocycles. The molecule has 6 nitrogen and oxygen atoms in total. The molecule has 46 heavy (non-hydrogen) atoms. The molecule has 1 fully saturated rings. The Hall–Kier alpha value is -5.07. The molecule has 0 radical (unpaired) electrons. The summed E-state index contributed by atoms with van der Waals surface area (Å²) in [7, 11) is 0. The van der Waals surface area contributed by atoms with Gasteiger partial charge in [0.15, 0.2) is 6.29 Å². The summed E-state index contributed by atoms with van der Waals surface area (Å²) >= 11 is 0. The molecule has 1 atom stereocenters. The van der Waals surface area contributed by atoms with Gasteiger partial charge in [0.05, 0.1) is 12.1 Å². The minimum absolute atomic E-state index is 0.424. The molecule has 1 N–H and O–H groups in total. The van der Waals surface area contributed by atoms with E-state index in [9.17, 15) is 9.59 Å². The fraction of sp³-hybridized carbons (Fsp3) is 0.225. The maximum absolute atomic E-state index is 13.3. The molecule has 1 saturated heterocycles. The maximum Gasteiger partial charge on any atom is 0.219 e. The van der Waals surface area contributed by atoms with E-state index >= 15 is 0 Å². The number of Topliss-reactive ketones (excluding diaryl/α,β-unsaturated/α-hetero) is 1. The van der Waals surface area contributed by atoms with E-state index in [2.05, 4.69) is 117 Å². The van der Waals surface area contributed by atoms with E-state index in [0.29, 0.717) is 19.5 Å². The highest BCUT2D eigenvalue weighted by atomic mass is 16.2. The predicted octanol–water partition coefficient (Wildman–Crippen LogP) is 7.09. The molecule has 4 aromatic carbocycles. The topological polar surface area (TPSA) is 65.5 Å². The molecule has 0 aliphatic carbocycles. The van der Waals surface area contributed by atoms with Crippen molar-refractivity contribution in [2.24, 2.45) is 0 Å². The number of carbonyl (C=O) groups excluding carboxylic acids is 2. The molecule has 232 valence electrons. The van der Waals surface area contributed by atoms with Gasteiger partial charge in [0.1, 0.15) is 11.9 Å². The van der Waals surface area contributed by atoms with Crippen molar-refractivity contribution in [2.45, 2.75) is 44.3 Å². The van der Waals surface area contributed by atoms with Crippen molar-refractivity contribution in [3.8, 4) is 0 Å². The summed E-state index contributed by atoms with van der Waals surface area (Å²) in [6.45, 7) is 8.03. The van der Waals surface area contributed by atoms with Crippen LogP contribution in [-0.4, -0.2) is 46.7 Å². The molecule has 0 amide bonds. The summed E-state index contributed by atoms with van der Waals surface area (Å²) in [5, 5.41) is 3.28. The average Bonchev–Trinajstić information content (AvgIpc) is 3.36. The third-order valence-electron chi connectivity index (χ3n) is 9.31. The zero-order chi connectivity index (χ0) is 32.1. The van der Waals surface area contributed by atoms with Crippen molar-refractivity contribution in [3.63, 3.8) is 0 Å². The quantitative estimate of drug-likeness (QED) is 0.0981. The largest absolute Gasteiger partial charge is 0.370 e. The van der Waals surface area contributed by atoms with Crippen LogP contribution in [0.4, 0.5) is 11.5 Å². The Bertz CT molecular complexity index is 1680. The fourth-order valence-electron chi connectivity index (χ4n) is 7.09. The van der Waals surface area contributed by atoms with Crippen LogP contribution < -0.4 is 10.2 Å². The second-order valence-electron chi connectivity index (χ2n) is 12.4. The van der Waals surface area contributed by atoms with Crippen molar-refractivity contribution in [3.05, 3.63) is 161 Å². The lowest BCUT2D eigenvalue weighted by Crippen LogP contribution is -2.51. The molecule has 6 rings (SSSR count). The lowest BCUT2D eigenvalue weighted by molar-refractivity contribution is -0.131. The predicted molar refractivity (Wildman–Crippen MR) is 185 cm³/mol. The lowest BCUT2D eigenvalue weighted by Gasteiger charge is -2.37. The number of aldehydes is 1. The first-order valence-corrected chi connectivity index (χ1v) is 15.9. The van der Waals surface area contributed by atoms with Crippen LogP contribution in [0.2, 0.25) is 0 Å². The highest BCUT2D eigenvalue weighted by Gasteiger charge is 2.50. The molecule has 5 aromatic rings. The molecule has 1 aliphatic heterocycles. The first kappa shape index (κ1) is 30.9. The normalized spacial score (nSPS) is 16.2. The smallest absolute Gasteiger partial charge is 0.219 e. The van der Waals surface area contributed by atoms with Gasteiger partial charge in [-0.3, -0.25) is 14.5 Å². The van der Waals surface area contributed by atoms with Gasteiger partial charge < -0.3 is 10.2 Å². The number of pyridine rings is 1. The number of hydrogen-bond donors (Lipinski definition) is 1. The minimum atomic E-state index is -0.631. The molecule has 0 saturated carbocycles. The molecule has 1 unspecified atom stereocenters. The Morgan fingerprint density at radius 1 is 0.826 bits per heavy atom. The second kappa shape index (κ2) is 13.1. The number of anilines is 2. The highest BCUT2D eigenvalue weighted by Crippen LogP contribution is 2.46. The van der Waals surface area contributed by atoms with Gasteiger partial charge in [-0.2, -0.15) is 0 Å². The number of aromatic nitrogens is 1. The SMILES string of the molecule is CCNc1cc(CN2CN(c3ccc(C(c4ccccc4)(c4ccccc4)c4ccccc4)cc3)C(C(=O)C=O)C2(C)C)ccn1. The number of nitrogens with one attached hydrogen (secondary N) is 1. The number of carbonyl (C=O) groups is 2. The summed E-state index contributed by atoms with van der Waals surface area (Å²) in [4.78, 5) is 34.0. The van der Waals surface area contributed by atoms with Crippen molar-refractivity contribution in [1.29, 1.82) is 0 Å². The first-order chi connectivity index (χ1) is 22.4. The van der Waals surface area contributed by atoms with E-state index in [1.165, 1.54) is 0 Å². The van der Waals surface area contributed by atoms with Gasteiger partial charge in [-0.1, -0.05) is 103 Å². The van der Waals surface area contributed by atoms with Crippen molar-refractivity contribution in [1.82, 2.24) is 9.88 Å². The second-order valence-corrected chi connectivity index (χ2v) is 12.4. The van der Waals surface area contributed by atoms with E-state index in [1.807, 2.05) is 51.1 Å². The Balaban J connectivity index is 1.43. The molecular weight excluding hydrogens is 568 g/mol. The van der Waals surface area contributed by atoms with Crippen molar-refractivity contribution >= 4 is 23.6 Å². The van der Waals surface area contributed by atoms with Gasteiger partial charge in [-0.15, -0.1) is 0 Å². The first-order valence-electron chi connectivity index (χ1n) is 15.9. The third kappa shape index (κ3) is 5.61. The lowest BCUT2D eigenvalue weighted by atomic mass is 9.65. The summed E-state index contributed by atoms with van der Waals surface area (Å²) in [6, 6.07) is 43.8. The van der Waals surface area contributed by atoms with Crippen molar-refractivity contribution < 1.29 is 9.59 Å². The summed E-state index contributed by atoms with van der Waals surface area (Å²) in [5.41, 5.74) is 5.42. The molecule has 2 heterocycles. The Labute approximate surface area is 271 Å². The van der Waals surface area contributed by atoms with Crippen LogP contribution in [0.3, 0.4) is 0 Å². The van der Waals surface area contributed by atoms with E-state index < -0.39 is 22.8 Å². The van der Waals surface area contributed by atoms with Crippen LogP contribution in [0.25, 0.3) is 0 Å². The summed E-state index contributed by atoms with van der Waals surface area (Å²) in [6.07, 6.45) is 2.28. The Morgan fingerprint density at radius 3 is 1.85 bits per heavy atom. The zero-order valence-electron chi connectivity index (χ0n) is 26.6. The number of ketones is 1. The van der Waals surface area contributed by atoms with E-state index in [-0.39, 0.29) is 0 Å². The number of hydrogen-bond acceptors (Lipinski definition) is 6. The van der Waals surface area contributed by atoms with Gasteiger partial charge in [0, 0.05) is 30.5 Å². The summed E-state index contributed by atoms with van der Waals surface area (Å²) in [5.74, 6) is 0.399. The van der Waals surface area contributed by atoms with Crippen LogP contribution in [0.5, 0.6) is 0 Å². The fourth-order valence-corrected chi connectivity index (χ4v) is 7.09. The average molecular weight is 609 g/mol. The molecular formula is C40H40N4O2. The number of rotatable bonds is 11. The van der Waals surface area contributed by atoms with Gasteiger partial charge in [0.2, 0.25) is 5.78 Å². The van der Waals surface area contributed by atoms with Crippen LogP contribution in [0, 0.1) is 0 Å².